The summed E-state index contributed by atoms with van der Waals surface area (Å²) in [5.41, 5.74) is 5.98. The molecule has 2 aliphatic heterocycles. The molecule has 1 aromatic rings. The number of nitrogens with zero attached hydrogens (tertiary/aromatic N) is 1. The normalized spacial score (nSPS) is 31.6. The molecule has 2 aliphatic rings. The van der Waals surface area contributed by atoms with E-state index in [-0.39, 0.29) is 18.1 Å². The Kier molecular flexibility index (Phi) is 3.33. The molecule has 0 amide bonds. The second kappa shape index (κ2) is 4.74. The zero-order valence-corrected chi connectivity index (χ0v) is 12.1. The van der Waals surface area contributed by atoms with E-state index in [0.717, 1.165) is 25.7 Å². The summed E-state index contributed by atoms with van der Waals surface area (Å²) in [5.74, 6) is 0. The molecule has 19 heavy (non-hydrogen) atoms. The summed E-state index contributed by atoms with van der Waals surface area (Å²) < 4.78 is 27.1. The first-order valence-electron chi connectivity index (χ1n) is 6.53. The molecule has 0 saturated carbocycles. The number of sulfonamides is 1. The Morgan fingerprint density at radius 2 is 1.63 bits per heavy atom. The predicted octanol–water partition coefficient (Wildman–Crippen LogP) is 1.98. The minimum absolute atomic E-state index is 0.0643. The lowest BCUT2D eigenvalue weighted by Gasteiger charge is -2.36. The van der Waals surface area contributed by atoms with Crippen LogP contribution in [0.1, 0.15) is 25.7 Å². The van der Waals surface area contributed by atoms with Crippen LogP contribution in [0.15, 0.2) is 29.2 Å². The second-order valence-electron chi connectivity index (χ2n) is 5.41. The highest BCUT2D eigenvalue weighted by Gasteiger charge is 2.46. The minimum atomic E-state index is -3.42. The molecule has 2 N–H and O–H groups in total. The molecule has 2 atom stereocenters. The van der Waals surface area contributed by atoms with Crippen molar-refractivity contribution in [3.63, 3.8) is 0 Å². The van der Waals surface area contributed by atoms with Gasteiger partial charge in [0.1, 0.15) is 0 Å². The second-order valence-corrected chi connectivity index (χ2v) is 7.68. The van der Waals surface area contributed by atoms with Gasteiger partial charge in [0, 0.05) is 23.1 Å². The summed E-state index contributed by atoms with van der Waals surface area (Å²) >= 11 is 5.81. The summed E-state index contributed by atoms with van der Waals surface area (Å²) in [5, 5.41) is 0.544. The van der Waals surface area contributed by atoms with Gasteiger partial charge in [-0.1, -0.05) is 11.6 Å². The fourth-order valence-electron chi connectivity index (χ4n) is 3.30. The molecule has 0 radical (unpaired) electrons. The van der Waals surface area contributed by atoms with E-state index >= 15 is 0 Å². The molecule has 4 nitrogen and oxygen atoms in total. The molecule has 2 heterocycles. The number of piperidine rings is 1. The molecular formula is C13H17ClN2O2S. The molecule has 104 valence electrons. The maximum Gasteiger partial charge on any atom is 0.243 e. The molecule has 0 aromatic heterocycles. The molecule has 3 rings (SSSR count). The molecule has 2 saturated heterocycles. The van der Waals surface area contributed by atoms with Crippen LogP contribution in [-0.4, -0.2) is 30.8 Å². The first-order chi connectivity index (χ1) is 8.98. The molecule has 2 unspecified atom stereocenters. The van der Waals surface area contributed by atoms with Crippen molar-refractivity contribution in [2.45, 2.75) is 48.7 Å². The van der Waals surface area contributed by atoms with E-state index in [4.69, 9.17) is 17.3 Å². The van der Waals surface area contributed by atoms with E-state index in [2.05, 4.69) is 0 Å². The van der Waals surface area contributed by atoms with Gasteiger partial charge in [0.15, 0.2) is 0 Å². The third kappa shape index (κ3) is 2.29. The summed E-state index contributed by atoms with van der Waals surface area (Å²) in [6.07, 6.45) is 3.38. The number of benzene rings is 1. The molecule has 1 aromatic carbocycles. The monoisotopic (exact) mass is 300 g/mol. The van der Waals surface area contributed by atoms with Gasteiger partial charge in [0.2, 0.25) is 10.0 Å². The van der Waals surface area contributed by atoms with Crippen LogP contribution in [0.4, 0.5) is 0 Å². The van der Waals surface area contributed by atoms with Gasteiger partial charge in [-0.05, 0) is 49.9 Å². The molecule has 2 fully saturated rings. The van der Waals surface area contributed by atoms with E-state index in [1.54, 1.807) is 28.6 Å². The van der Waals surface area contributed by atoms with Gasteiger partial charge >= 0.3 is 0 Å². The summed E-state index contributed by atoms with van der Waals surface area (Å²) in [6, 6.07) is 6.65. The highest BCUT2D eigenvalue weighted by atomic mass is 35.5. The lowest BCUT2D eigenvalue weighted by Crippen LogP contribution is -2.49. The number of hydrogen-bond acceptors (Lipinski definition) is 3. The van der Waals surface area contributed by atoms with Crippen LogP contribution in [0.5, 0.6) is 0 Å². The van der Waals surface area contributed by atoms with Gasteiger partial charge < -0.3 is 5.73 Å². The van der Waals surface area contributed by atoms with Crippen molar-refractivity contribution in [1.82, 2.24) is 4.31 Å². The van der Waals surface area contributed by atoms with Gasteiger partial charge in [-0.25, -0.2) is 8.42 Å². The lowest BCUT2D eigenvalue weighted by molar-refractivity contribution is 0.227. The fraction of sp³-hybridized carbons (Fsp3) is 0.538. The molecular weight excluding hydrogens is 284 g/mol. The molecule has 0 spiro atoms. The SMILES string of the molecule is NC1CC2CCC(C1)N2S(=O)(=O)c1ccc(Cl)cc1. The van der Waals surface area contributed by atoms with Gasteiger partial charge in [0.05, 0.1) is 4.90 Å². The molecule has 6 heteroatoms. The summed E-state index contributed by atoms with van der Waals surface area (Å²) in [4.78, 5) is 0.323. The minimum Gasteiger partial charge on any atom is -0.328 e. The van der Waals surface area contributed by atoms with E-state index in [1.807, 2.05) is 0 Å². The highest BCUT2D eigenvalue weighted by molar-refractivity contribution is 7.89. The smallest absolute Gasteiger partial charge is 0.243 e. The third-order valence-corrected chi connectivity index (χ3v) is 6.36. The molecule has 0 aliphatic carbocycles. The average molecular weight is 301 g/mol. The van der Waals surface area contributed by atoms with Crippen molar-refractivity contribution < 1.29 is 8.42 Å². The first-order valence-corrected chi connectivity index (χ1v) is 8.35. The standard InChI is InChI=1S/C13H17ClN2O2S/c14-9-1-5-13(6-2-9)19(17,18)16-11-3-4-12(16)8-10(15)7-11/h1-2,5-6,10-12H,3-4,7-8,15H2. The number of rotatable bonds is 2. The zero-order valence-electron chi connectivity index (χ0n) is 10.5. The number of fused-ring (bicyclic) bond motifs is 2. The maximum atomic E-state index is 12.7. The number of nitrogens with two attached hydrogens (primary N) is 1. The first kappa shape index (κ1) is 13.4. The van der Waals surface area contributed by atoms with Crippen LogP contribution in [-0.2, 0) is 10.0 Å². The number of halogens is 1. The van der Waals surface area contributed by atoms with Crippen LogP contribution >= 0.6 is 11.6 Å². The fourth-order valence-corrected chi connectivity index (χ4v) is 5.31. The van der Waals surface area contributed by atoms with Gasteiger partial charge in [-0.15, -0.1) is 0 Å². The Labute approximate surface area is 118 Å². The van der Waals surface area contributed by atoms with Crippen LogP contribution in [0, 0.1) is 0 Å². The topological polar surface area (TPSA) is 63.4 Å². The Morgan fingerprint density at radius 1 is 1.11 bits per heavy atom. The van der Waals surface area contributed by atoms with Gasteiger partial charge in [0.25, 0.3) is 0 Å². The van der Waals surface area contributed by atoms with Crippen LogP contribution in [0.3, 0.4) is 0 Å². The lowest BCUT2D eigenvalue weighted by atomic mass is 10.0. The van der Waals surface area contributed by atoms with Crippen molar-refractivity contribution in [3.8, 4) is 0 Å². The van der Waals surface area contributed by atoms with Crippen molar-refractivity contribution in [3.05, 3.63) is 29.3 Å². The van der Waals surface area contributed by atoms with E-state index in [9.17, 15) is 8.42 Å². The molecule has 2 bridgehead atoms. The Hall–Kier alpha value is -0.620. The van der Waals surface area contributed by atoms with E-state index in [1.165, 1.54) is 0 Å². The maximum absolute atomic E-state index is 12.7. The van der Waals surface area contributed by atoms with Crippen molar-refractivity contribution in [2.24, 2.45) is 5.73 Å². The van der Waals surface area contributed by atoms with Crippen LogP contribution < -0.4 is 5.73 Å². The van der Waals surface area contributed by atoms with Crippen molar-refractivity contribution in [2.75, 3.05) is 0 Å². The quantitative estimate of drug-likeness (QED) is 0.908. The largest absolute Gasteiger partial charge is 0.328 e. The van der Waals surface area contributed by atoms with E-state index in [0.29, 0.717) is 9.92 Å². The Balaban J connectivity index is 1.95. The third-order valence-electron chi connectivity index (χ3n) is 4.09. The zero-order chi connectivity index (χ0) is 13.6. The highest BCUT2D eigenvalue weighted by Crippen LogP contribution is 2.39. The number of hydrogen-bond donors (Lipinski definition) is 1. The summed E-state index contributed by atoms with van der Waals surface area (Å²) in [7, 11) is -3.42. The predicted molar refractivity (Wildman–Crippen MR) is 74.5 cm³/mol. The van der Waals surface area contributed by atoms with Crippen LogP contribution in [0.2, 0.25) is 5.02 Å². The average Bonchev–Trinajstić information content (AvgIpc) is 2.64. The van der Waals surface area contributed by atoms with E-state index < -0.39 is 10.0 Å². The van der Waals surface area contributed by atoms with Crippen LogP contribution in [0.25, 0.3) is 0 Å². The summed E-state index contributed by atoms with van der Waals surface area (Å²) in [6.45, 7) is 0. The Morgan fingerprint density at radius 3 is 2.16 bits per heavy atom. The van der Waals surface area contributed by atoms with Gasteiger partial charge in [-0.2, -0.15) is 4.31 Å². The van der Waals surface area contributed by atoms with Crippen molar-refractivity contribution in [1.29, 1.82) is 0 Å². The Bertz CT molecular complexity index is 559. The van der Waals surface area contributed by atoms with Crippen molar-refractivity contribution >= 4 is 21.6 Å². The van der Waals surface area contributed by atoms with Gasteiger partial charge in [-0.3, -0.25) is 0 Å².